The molecule has 1 heterocycles. The average Bonchev–Trinajstić information content (AvgIpc) is 2.69. The molecule has 1 aromatic rings. The number of rotatable bonds is 2. The summed E-state index contributed by atoms with van der Waals surface area (Å²) in [4.78, 5) is 24.6. The van der Waals surface area contributed by atoms with E-state index in [9.17, 15) is 9.59 Å². The molecule has 0 aliphatic carbocycles. The van der Waals surface area contributed by atoms with Gasteiger partial charge in [0.25, 0.3) is 0 Å². The summed E-state index contributed by atoms with van der Waals surface area (Å²) in [6, 6.07) is 0. The van der Waals surface area contributed by atoms with Gasteiger partial charge < -0.3 is 9.47 Å². The highest BCUT2D eigenvalue weighted by Gasteiger charge is 2.32. The molecule has 4 nitrogen and oxygen atoms in total. The van der Waals surface area contributed by atoms with E-state index in [1.54, 1.807) is 5.38 Å². The third-order valence-corrected chi connectivity index (χ3v) is 3.49. The number of hydrogen-bond acceptors (Lipinski definition) is 5. The van der Waals surface area contributed by atoms with Crippen molar-refractivity contribution in [3.8, 4) is 0 Å². The van der Waals surface area contributed by atoms with Crippen LogP contribution in [-0.4, -0.2) is 24.6 Å². The highest BCUT2D eigenvalue weighted by molar-refractivity contribution is 7.12. The first kappa shape index (κ1) is 16.7. The van der Waals surface area contributed by atoms with Crippen LogP contribution in [0, 0.1) is 0 Å². The first-order valence-corrected chi connectivity index (χ1v) is 7.29. The zero-order valence-electron chi connectivity index (χ0n) is 13.1. The molecule has 1 rings (SSSR count). The Hall–Kier alpha value is -1.36. The molecule has 0 amide bonds. The lowest BCUT2D eigenvalue weighted by atomic mass is 9.84. The molecule has 0 saturated heterocycles. The molecule has 0 N–H and O–H groups in total. The van der Waals surface area contributed by atoms with Gasteiger partial charge in [0.1, 0.15) is 10.5 Å². The fraction of sp³-hybridized carbons (Fsp3) is 0.600. The van der Waals surface area contributed by atoms with Gasteiger partial charge in [-0.3, -0.25) is 0 Å². The molecule has 0 aliphatic rings. The second-order valence-corrected chi connectivity index (χ2v) is 7.48. The van der Waals surface area contributed by atoms with E-state index in [1.807, 2.05) is 41.5 Å². The van der Waals surface area contributed by atoms with Crippen LogP contribution in [0.2, 0.25) is 0 Å². The molecule has 0 spiro atoms. The Morgan fingerprint density at radius 2 is 1.60 bits per heavy atom. The first-order chi connectivity index (χ1) is 8.97. The van der Waals surface area contributed by atoms with Gasteiger partial charge in [0.05, 0.1) is 12.7 Å². The van der Waals surface area contributed by atoms with Crippen LogP contribution in [-0.2, 0) is 14.9 Å². The Balaban J connectivity index is 3.32. The normalized spacial score (nSPS) is 12.2. The molecule has 5 heteroatoms. The Bertz CT molecular complexity index is 515. The third kappa shape index (κ3) is 3.82. The summed E-state index contributed by atoms with van der Waals surface area (Å²) in [6.45, 7) is 11.3. The maximum atomic E-state index is 12.3. The van der Waals surface area contributed by atoms with Crippen molar-refractivity contribution in [1.82, 2.24) is 0 Å². The molecule has 0 radical (unpaired) electrons. The van der Waals surface area contributed by atoms with Crippen LogP contribution in [0.15, 0.2) is 5.38 Å². The molecule has 1 aromatic heterocycles. The highest BCUT2D eigenvalue weighted by atomic mass is 32.1. The van der Waals surface area contributed by atoms with Crippen molar-refractivity contribution >= 4 is 23.3 Å². The minimum absolute atomic E-state index is 0.351. The summed E-state index contributed by atoms with van der Waals surface area (Å²) in [7, 11) is 1.33. The Morgan fingerprint density at radius 3 is 2.00 bits per heavy atom. The van der Waals surface area contributed by atoms with Crippen LogP contribution in [0.5, 0.6) is 0 Å². The number of esters is 2. The summed E-state index contributed by atoms with van der Waals surface area (Å²) in [6.07, 6.45) is 0. The van der Waals surface area contributed by atoms with Crippen LogP contribution in [0.1, 0.15) is 67.1 Å². The number of carbonyl (C=O) groups is 2. The molecule has 0 atom stereocenters. The quantitative estimate of drug-likeness (QED) is 0.780. The van der Waals surface area contributed by atoms with Gasteiger partial charge in [-0.25, -0.2) is 9.59 Å². The Kier molecular flexibility index (Phi) is 4.64. The van der Waals surface area contributed by atoms with E-state index in [-0.39, 0.29) is 5.41 Å². The predicted octanol–water partition coefficient (Wildman–Crippen LogP) is 3.79. The van der Waals surface area contributed by atoms with Gasteiger partial charge in [0, 0.05) is 5.38 Å². The van der Waals surface area contributed by atoms with Gasteiger partial charge in [0.15, 0.2) is 0 Å². The molecule has 20 heavy (non-hydrogen) atoms. The van der Waals surface area contributed by atoms with Gasteiger partial charge in [-0.05, 0) is 31.7 Å². The number of carbonyl (C=O) groups excluding carboxylic acids is 2. The molecule has 0 fully saturated rings. The van der Waals surface area contributed by atoms with Gasteiger partial charge in [0.2, 0.25) is 0 Å². The fourth-order valence-corrected chi connectivity index (χ4v) is 2.99. The summed E-state index contributed by atoms with van der Waals surface area (Å²) in [5, 5.41) is 1.67. The van der Waals surface area contributed by atoms with Crippen molar-refractivity contribution < 1.29 is 19.1 Å². The molecular formula is C15H22O4S. The van der Waals surface area contributed by atoms with Crippen molar-refractivity contribution in [2.75, 3.05) is 7.11 Å². The lowest BCUT2D eigenvalue weighted by Crippen LogP contribution is -2.26. The zero-order chi connectivity index (χ0) is 15.7. The molecule has 0 aromatic carbocycles. The van der Waals surface area contributed by atoms with Gasteiger partial charge in [-0.1, -0.05) is 20.8 Å². The fourth-order valence-electron chi connectivity index (χ4n) is 1.83. The minimum atomic E-state index is -0.570. The molecular weight excluding hydrogens is 276 g/mol. The first-order valence-electron chi connectivity index (χ1n) is 6.41. The lowest BCUT2D eigenvalue weighted by molar-refractivity contribution is 0.00676. The smallest absolute Gasteiger partial charge is 0.348 e. The second kappa shape index (κ2) is 5.56. The van der Waals surface area contributed by atoms with E-state index in [0.29, 0.717) is 16.0 Å². The monoisotopic (exact) mass is 298 g/mol. The summed E-state index contributed by atoms with van der Waals surface area (Å²) in [5.41, 5.74) is 0.205. The summed E-state index contributed by atoms with van der Waals surface area (Å²) >= 11 is 1.21. The topological polar surface area (TPSA) is 52.6 Å². The van der Waals surface area contributed by atoms with Gasteiger partial charge >= 0.3 is 11.9 Å². The molecule has 112 valence electrons. The minimum Gasteiger partial charge on any atom is -0.465 e. The van der Waals surface area contributed by atoms with Crippen molar-refractivity contribution in [3.05, 3.63) is 21.4 Å². The Labute approximate surface area is 124 Å². The van der Waals surface area contributed by atoms with E-state index in [2.05, 4.69) is 0 Å². The number of methoxy groups -OCH3 is 1. The highest BCUT2D eigenvalue weighted by Crippen LogP contribution is 2.35. The average molecular weight is 298 g/mol. The Morgan fingerprint density at radius 1 is 1.05 bits per heavy atom. The number of ether oxygens (including phenoxy) is 2. The molecule has 0 unspecified atom stereocenters. The van der Waals surface area contributed by atoms with E-state index in [4.69, 9.17) is 9.47 Å². The molecule has 0 aliphatic heterocycles. The van der Waals surface area contributed by atoms with Crippen molar-refractivity contribution in [2.24, 2.45) is 0 Å². The van der Waals surface area contributed by atoms with Crippen molar-refractivity contribution in [1.29, 1.82) is 0 Å². The van der Waals surface area contributed by atoms with Gasteiger partial charge in [-0.2, -0.15) is 0 Å². The zero-order valence-corrected chi connectivity index (χ0v) is 13.9. The van der Waals surface area contributed by atoms with Crippen LogP contribution in [0.25, 0.3) is 0 Å². The number of thiophene rings is 1. The SMILES string of the molecule is COC(=O)c1scc(C(=O)OC(C)(C)C)c1C(C)(C)C. The van der Waals surface area contributed by atoms with Gasteiger partial charge in [-0.15, -0.1) is 11.3 Å². The van der Waals surface area contributed by atoms with Crippen molar-refractivity contribution in [2.45, 2.75) is 52.6 Å². The number of hydrogen-bond donors (Lipinski definition) is 0. The van der Waals surface area contributed by atoms with Crippen LogP contribution >= 0.6 is 11.3 Å². The van der Waals surface area contributed by atoms with Crippen LogP contribution in [0.3, 0.4) is 0 Å². The standard InChI is InChI=1S/C15H22O4S/c1-14(2,3)10-9(12(16)19-15(4,5)6)8-20-11(10)13(17)18-7/h8H,1-7H3. The summed E-state index contributed by atoms with van der Waals surface area (Å²) < 4.78 is 10.2. The third-order valence-electron chi connectivity index (χ3n) is 2.53. The predicted molar refractivity (Wildman–Crippen MR) is 79.5 cm³/mol. The maximum absolute atomic E-state index is 12.3. The largest absolute Gasteiger partial charge is 0.465 e. The van der Waals surface area contributed by atoms with E-state index in [1.165, 1.54) is 18.4 Å². The second-order valence-electron chi connectivity index (χ2n) is 6.60. The van der Waals surface area contributed by atoms with Crippen LogP contribution < -0.4 is 0 Å². The van der Waals surface area contributed by atoms with E-state index >= 15 is 0 Å². The van der Waals surface area contributed by atoms with Crippen LogP contribution in [0.4, 0.5) is 0 Å². The maximum Gasteiger partial charge on any atom is 0.348 e. The van der Waals surface area contributed by atoms with E-state index in [0.717, 1.165) is 0 Å². The summed E-state index contributed by atoms with van der Waals surface area (Å²) in [5.74, 6) is -0.830. The lowest BCUT2D eigenvalue weighted by Gasteiger charge is -2.23. The molecule has 0 saturated carbocycles. The van der Waals surface area contributed by atoms with Crippen molar-refractivity contribution in [3.63, 3.8) is 0 Å². The molecule has 0 bridgehead atoms. The van der Waals surface area contributed by atoms with E-state index < -0.39 is 17.5 Å².